The van der Waals surface area contributed by atoms with Gasteiger partial charge in [-0.1, -0.05) is 0 Å². The fraction of sp³-hybridized carbons (Fsp3) is 0.200. The van der Waals surface area contributed by atoms with Crippen LogP contribution in [0.4, 0.5) is 5.69 Å². The van der Waals surface area contributed by atoms with Crippen molar-refractivity contribution >= 4 is 26.4 Å². The van der Waals surface area contributed by atoms with Gasteiger partial charge >= 0.3 is 0 Å². The Morgan fingerprint density at radius 3 is 2.71 bits per heavy atom. The van der Waals surface area contributed by atoms with Crippen LogP contribution in [0.5, 0.6) is 0 Å². The standard InChI is InChI=1S/C10H10N2O4S/c1-17(15,16)6-7-4-8-2-3-11-10(8)9(5-7)12(13)14/h2-5,11H,6H2,1H3. The van der Waals surface area contributed by atoms with Gasteiger partial charge in [0, 0.05) is 23.9 Å². The topological polar surface area (TPSA) is 93.1 Å². The van der Waals surface area contributed by atoms with Crippen molar-refractivity contribution in [1.29, 1.82) is 0 Å². The van der Waals surface area contributed by atoms with Gasteiger partial charge in [-0.3, -0.25) is 10.1 Å². The van der Waals surface area contributed by atoms with Crippen LogP contribution in [0.25, 0.3) is 10.9 Å². The molecule has 0 radical (unpaired) electrons. The van der Waals surface area contributed by atoms with E-state index >= 15 is 0 Å². The van der Waals surface area contributed by atoms with Gasteiger partial charge in [0.1, 0.15) is 5.52 Å². The molecule has 0 amide bonds. The Morgan fingerprint density at radius 1 is 1.41 bits per heavy atom. The smallest absolute Gasteiger partial charge is 0.293 e. The summed E-state index contributed by atoms with van der Waals surface area (Å²) in [6.45, 7) is 0. The maximum absolute atomic E-state index is 11.2. The highest BCUT2D eigenvalue weighted by Crippen LogP contribution is 2.26. The molecule has 1 aromatic heterocycles. The summed E-state index contributed by atoms with van der Waals surface area (Å²) in [4.78, 5) is 13.1. The minimum Gasteiger partial charge on any atom is -0.356 e. The van der Waals surface area contributed by atoms with E-state index in [1.807, 2.05) is 0 Å². The summed E-state index contributed by atoms with van der Waals surface area (Å²) in [5.41, 5.74) is 0.727. The first kappa shape index (κ1) is 11.6. The Labute approximate surface area is 97.3 Å². The predicted molar refractivity (Wildman–Crippen MR) is 63.5 cm³/mol. The van der Waals surface area contributed by atoms with E-state index in [4.69, 9.17) is 0 Å². The summed E-state index contributed by atoms with van der Waals surface area (Å²) in [7, 11) is -3.20. The van der Waals surface area contributed by atoms with Gasteiger partial charge in [0.05, 0.1) is 10.7 Å². The molecule has 17 heavy (non-hydrogen) atoms. The number of fused-ring (bicyclic) bond motifs is 1. The molecule has 90 valence electrons. The molecule has 0 saturated carbocycles. The van der Waals surface area contributed by atoms with Crippen molar-refractivity contribution < 1.29 is 13.3 Å². The van der Waals surface area contributed by atoms with Crippen molar-refractivity contribution in [2.45, 2.75) is 5.75 Å². The first-order chi connectivity index (χ1) is 7.87. The second kappa shape index (κ2) is 3.85. The van der Waals surface area contributed by atoms with Crippen molar-refractivity contribution in [2.75, 3.05) is 6.26 Å². The number of non-ortho nitro benzene ring substituents is 1. The largest absolute Gasteiger partial charge is 0.356 e. The molecule has 0 fully saturated rings. The molecule has 2 aromatic rings. The molecule has 0 bridgehead atoms. The van der Waals surface area contributed by atoms with Crippen LogP contribution in [0.15, 0.2) is 24.4 Å². The van der Waals surface area contributed by atoms with E-state index < -0.39 is 14.8 Å². The second-order valence-corrected chi connectivity index (χ2v) is 6.02. The summed E-state index contributed by atoms with van der Waals surface area (Å²) in [5, 5.41) is 11.5. The van der Waals surface area contributed by atoms with Crippen LogP contribution in [0.2, 0.25) is 0 Å². The zero-order valence-corrected chi connectivity index (χ0v) is 9.82. The summed E-state index contributed by atoms with van der Waals surface area (Å²) < 4.78 is 22.4. The third-order valence-corrected chi connectivity index (χ3v) is 3.18. The van der Waals surface area contributed by atoms with E-state index in [0.29, 0.717) is 16.5 Å². The number of H-pyrrole nitrogens is 1. The van der Waals surface area contributed by atoms with Gasteiger partial charge in [0.2, 0.25) is 0 Å². The van der Waals surface area contributed by atoms with Gasteiger partial charge in [-0.2, -0.15) is 0 Å². The van der Waals surface area contributed by atoms with E-state index in [1.165, 1.54) is 6.07 Å². The lowest BCUT2D eigenvalue weighted by Gasteiger charge is -2.01. The quantitative estimate of drug-likeness (QED) is 0.665. The van der Waals surface area contributed by atoms with Gasteiger partial charge in [0.15, 0.2) is 9.84 Å². The third kappa shape index (κ3) is 2.44. The van der Waals surface area contributed by atoms with Crippen LogP contribution in [-0.2, 0) is 15.6 Å². The molecule has 2 rings (SSSR count). The van der Waals surface area contributed by atoms with Gasteiger partial charge < -0.3 is 4.98 Å². The van der Waals surface area contributed by atoms with Crippen molar-refractivity contribution in [3.05, 3.63) is 40.1 Å². The van der Waals surface area contributed by atoms with E-state index in [0.717, 1.165) is 6.26 Å². The molecular weight excluding hydrogens is 244 g/mol. The molecule has 6 nitrogen and oxygen atoms in total. The maximum Gasteiger partial charge on any atom is 0.293 e. The molecule has 1 heterocycles. The Balaban J connectivity index is 2.63. The highest BCUT2D eigenvalue weighted by Gasteiger charge is 2.16. The highest BCUT2D eigenvalue weighted by molar-refractivity contribution is 7.89. The number of aromatic amines is 1. The van der Waals surface area contributed by atoms with Crippen LogP contribution in [0.3, 0.4) is 0 Å². The van der Waals surface area contributed by atoms with E-state index in [1.54, 1.807) is 18.3 Å². The Bertz CT molecular complexity index is 687. The van der Waals surface area contributed by atoms with Gasteiger partial charge in [0.25, 0.3) is 5.69 Å². The second-order valence-electron chi connectivity index (χ2n) is 3.88. The molecule has 0 aliphatic carbocycles. The molecule has 0 atom stereocenters. The molecule has 0 spiro atoms. The molecule has 0 unspecified atom stereocenters. The number of rotatable bonds is 3. The zero-order chi connectivity index (χ0) is 12.6. The third-order valence-electron chi connectivity index (χ3n) is 2.32. The maximum atomic E-state index is 11.2. The summed E-state index contributed by atoms with van der Waals surface area (Å²) in [6.07, 6.45) is 2.68. The SMILES string of the molecule is CS(=O)(=O)Cc1cc([N+](=O)[O-])c2[nH]ccc2c1. The molecule has 1 N–H and O–H groups in total. The van der Waals surface area contributed by atoms with Crippen LogP contribution < -0.4 is 0 Å². The van der Waals surface area contributed by atoms with Crippen LogP contribution in [-0.4, -0.2) is 24.6 Å². The van der Waals surface area contributed by atoms with Crippen LogP contribution in [0.1, 0.15) is 5.56 Å². The van der Waals surface area contributed by atoms with Crippen molar-refractivity contribution in [2.24, 2.45) is 0 Å². The average molecular weight is 254 g/mol. The number of nitro groups is 1. The minimum absolute atomic E-state index is 0.105. The Morgan fingerprint density at radius 2 is 2.12 bits per heavy atom. The van der Waals surface area contributed by atoms with Crippen molar-refractivity contribution in [3.8, 4) is 0 Å². The van der Waals surface area contributed by atoms with E-state index in [-0.39, 0.29) is 11.4 Å². The minimum atomic E-state index is -3.20. The number of aromatic nitrogens is 1. The number of nitrogens with one attached hydrogen (secondary N) is 1. The van der Waals surface area contributed by atoms with Crippen molar-refractivity contribution in [3.63, 3.8) is 0 Å². The number of benzene rings is 1. The first-order valence-electron chi connectivity index (χ1n) is 4.79. The molecule has 0 aliphatic rings. The van der Waals surface area contributed by atoms with Crippen LogP contribution in [0, 0.1) is 10.1 Å². The Hall–Kier alpha value is -1.89. The molecule has 1 aromatic carbocycles. The molecule has 0 saturated heterocycles. The first-order valence-corrected chi connectivity index (χ1v) is 6.85. The lowest BCUT2D eigenvalue weighted by Crippen LogP contribution is -2.01. The number of nitro benzene ring substituents is 1. The van der Waals surface area contributed by atoms with Crippen molar-refractivity contribution in [1.82, 2.24) is 4.98 Å². The Kier molecular flexibility index (Phi) is 2.62. The zero-order valence-electron chi connectivity index (χ0n) is 9.00. The van der Waals surface area contributed by atoms with E-state index in [2.05, 4.69) is 4.98 Å². The normalized spacial score (nSPS) is 11.8. The fourth-order valence-corrected chi connectivity index (χ4v) is 2.51. The van der Waals surface area contributed by atoms with Gasteiger partial charge in [-0.25, -0.2) is 8.42 Å². The lowest BCUT2D eigenvalue weighted by atomic mass is 10.1. The van der Waals surface area contributed by atoms with Crippen LogP contribution >= 0.6 is 0 Å². The van der Waals surface area contributed by atoms with E-state index in [9.17, 15) is 18.5 Å². The summed E-state index contributed by atoms with van der Waals surface area (Å²) in [5.74, 6) is -0.199. The number of sulfone groups is 1. The number of nitrogens with zero attached hydrogens (tertiary/aromatic N) is 1. The average Bonchev–Trinajstić information content (AvgIpc) is 2.60. The van der Waals surface area contributed by atoms with Gasteiger partial charge in [-0.05, 0) is 17.7 Å². The number of hydrogen-bond donors (Lipinski definition) is 1. The molecule has 7 heteroatoms. The fourth-order valence-electron chi connectivity index (χ4n) is 1.74. The lowest BCUT2D eigenvalue weighted by molar-refractivity contribution is -0.383. The highest BCUT2D eigenvalue weighted by atomic mass is 32.2. The predicted octanol–water partition coefficient (Wildman–Crippen LogP) is 1.62. The summed E-state index contributed by atoms with van der Waals surface area (Å²) >= 11 is 0. The molecular formula is C10H10N2O4S. The monoisotopic (exact) mass is 254 g/mol. The summed E-state index contributed by atoms with van der Waals surface area (Å²) in [6, 6.07) is 4.61. The molecule has 0 aliphatic heterocycles. The number of hydrogen-bond acceptors (Lipinski definition) is 4. The van der Waals surface area contributed by atoms with Gasteiger partial charge in [-0.15, -0.1) is 0 Å².